The van der Waals surface area contributed by atoms with E-state index in [9.17, 15) is 14.7 Å². The number of nitrogens with zero attached hydrogens (tertiary/aromatic N) is 2. The number of hydrogen-bond acceptors (Lipinski definition) is 5. The molecule has 8 nitrogen and oxygen atoms in total. The molecule has 152 valence electrons. The van der Waals surface area contributed by atoms with Crippen molar-refractivity contribution in [1.29, 1.82) is 0 Å². The van der Waals surface area contributed by atoms with E-state index >= 15 is 0 Å². The number of ether oxygens (including phenoxy) is 1. The van der Waals surface area contributed by atoms with Crippen molar-refractivity contribution in [2.75, 3.05) is 53.0 Å². The van der Waals surface area contributed by atoms with Crippen LogP contribution < -0.4 is 5.32 Å². The predicted octanol–water partition coefficient (Wildman–Crippen LogP) is 1.33. The zero-order valence-corrected chi connectivity index (χ0v) is 16.5. The fourth-order valence-electron chi connectivity index (χ4n) is 3.56. The summed E-state index contributed by atoms with van der Waals surface area (Å²) in [6, 6.07) is 4.65. The van der Waals surface area contributed by atoms with E-state index in [0.29, 0.717) is 56.5 Å². The smallest absolute Gasteiger partial charge is 0.325 e. The summed E-state index contributed by atoms with van der Waals surface area (Å²) < 4.78 is 4.92. The van der Waals surface area contributed by atoms with Crippen molar-refractivity contribution in [1.82, 2.24) is 20.1 Å². The fraction of sp³-hybridized carbons (Fsp3) is 0.474. The third-order valence-electron chi connectivity index (χ3n) is 4.97. The number of aliphatic carboxylic acids is 1. The second-order valence-corrected chi connectivity index (χ2v) is 7.27. The van der Waals surface area contributed by atoms with Gasteiger partial charge < -0.3 is 20.1 Å². The van der Waals surface area contributed by atoms with Crippen molar-refractivity contribution >= 4 is 34.4 Å². The summed E-state index contributed by atoms with van der Waals surface area (Å²) in [5.74, 6) is -0.946. The number of amides is 1. The molecule has 1 aromatic heterocycles. The van der Waals surface area contributed by atoms with Gasteiger partial charge in [-0.3, -0.25) is 19.4 Å². The molecule has 2 heterocycles. The number of hydrogen-bond donors (Lipinski definition) is 3. The first kappa shape index (κ1) is 20.6. The molecule has 1 atom stereocenters. The first-order valence-corrected chi connectivity index (χ1v) is 9.58. The van der Waals surface area contributed by atoms with Gasteiger partial charge in [-0.25, -0.2) is 0 Å². The number of carbonyl (C=O) groups is 2. The first-order valence-electron chi connectivity index (χ1n) is 9.21. The van der Waals surface area contributed by atoms with Crippen LogP contribution in [0.4, 0.5) is 0 Å². The average molecular weight is 409 g/mol. The highest BCUT2D eigenvalue weighted by Crippen LogP contribution is 2.31. The zero-order valence-electron chi connectivity index (χ0n) is 15.8. The molecule has 2 aromatic rings. The molecule has 0 radical (unpaired) electrons. The largest absolute Gasteiger partial charge is 0.480 e. The van der Waals surface area contributed by atoms with Gasteiger partial charge in [-0.1, -0.05) is 11.6 Å². The van der Waals surface area contributed by atoms with Gasteiger partial charge >= 0.3 is 5.97 Å². The Morgan fingerprint density at radius 2 is 2.07 bits per heavy atom. The third-order valence-corrected chi connectivity index (χ3v) is 5.21. The molecule has 1 fully saturated rings. The summed E-state index contributed by atoms with van der Waals surface area (Å²) in [6.45, 7) is 3.66. The van der Waals surface area contributed by atoms with Crippen molar-refractivity contribution in [2.45, 2.75) is 6.04 Å². The minimum Gasteiger partial charge on any atom is -0.480 e. The summed E-state index contributed by atoms with van der Waals surface area (Å²) in [4.78, 5) is 31.1. The van der Waals surface area contributed by atoms with Crippen LogP contribution in [0.3, 0.4) is 0 Å². The molecule has 9 heteroatoms. The molecule has 1 aromatic carbocycles. The number of aromatic nitrogens is 1. The monoisotopic (exact) mass is 408 g/mol. The van der Waals surface area contributed by atoms with Crippen LogP contribution >= 0.6 is 11.6 Å². The van der Waals surface area contributed by atoms with Gasteiger partial charge in [0.15, 0.2) is 0 Å². The number of piperazine rings is 1. The minimum atomic E-state index is -0.897. The van der Waals surface area contributed by atoms with E-state index in [1.807, 2.05) is 15.9 Å². The Morgan fingerprint density at radius 1 is 1.32 bits per heavy atom. The maximum absolute atomic E-state index is 12.1. The molecule has 0 unspecified atom stereocenters. The molecule has 3 N–H and O–H groups in total. The SMILES string of the molecule is COCCNC(=O)CN1CCN([C@@H](C(=O)O)c2c[nH]c3ccc(Cl)cc23)CC1. The Labute approximate surface area is 168 Å². The van der Waals surface area contributed by atoms with Gasteiger partial charge in [0.1, 0.15) is 6.04 Å². The van der Waals surface area contributed by atoms with Crippen molar-refractivity contribution in [2.24, 2.45) is 0 Å². The molecule has 1 aliphatic heterocycles. The van der Waals surface area contributed by atoms with Crippen molar-refractivity contribution in [3.63, 3.8) is 0 Å². The molecule has 3 rings (SSSR count). The number of benzene rings is 1. The summed E-state index contributed by atoms with van der Waals surface area (Å²) >= 11 is 6.10. The highest BCUT2D eigenvalue weighted by Gasteiger charge is 2.32. The summed E-state index contributed by atoms with van der Waals surface area (Å²) in [5, 5.41) is 14.1. The number of fused-ring (bicyclic) bond motifs is 1. The number of methoxy groups -OCH3 is 1. The molecule has 0 saturated carbocycles. The van der Waals surface area contributed by atoms with Crippen LogP contribution in [0.15, 0.2) is 24.4 Å². The number of halogens is 1. The topological polar surface area (TPSA) is 97.9 Å². The summed E-state index contributed by atoms with van der Waals surface area (Å²) in [5.41, 5.74) is 1.56. The van der Waals surface area contributed by atoms with Gasteiger partial charge in [-0.2, -0.15) is 0 Å². The summed E-state index contributed by atoms with van der Waals surface area (Å²) in [6.07, 6.45) is 1.75. The van der Waals surface area contributed by atoms with E-state index in [2.05, 4.69) is 10.3 Å². The van der Waals surface area contributed by atoms with E-state index in [1.165, 1.54) is 0 Å². The van der Waals surface area contributed by atoms with Crippen molar-refractivity contribution in [3.05, 3.63) is 35.0 Å². The van der Waals surface area contributed by atoms with Crippen molar-refractivity contribution in [3.8, 4) is 0 Å². The maximum atomic E-state index is 12.1. The molecule has 1 amide bonds. The number of rotatable bonds is 8. The van der Waals surface area contributed by atoms with Crippen LogP contribution in [-0.4, -0.2) is 84.8 Å². The lowest BCUT2D eigenvalue weighted by Gasteiger charge is -2.37. The van der Waals surface area contributed by atoms with E-state index in [1.54, 1.807) is 25.4 Å². The van der Waals surface area contributed by atoms with Crippen LogP contribution in [0.1, 0.15) is 11.6 Å². The number of H-pyrrole nitrogens is 1. The Bertz CT molecular complexity index is 832. The van der Waals surface area contributed by atoms with E-state index < -0.39 is 12.0 Å². The molecule has 1 aliphatic rings. The fourth-order valence-corrected chi connectivity index (χ4v) is 3.73. The quantitative estimate of drug-likeness (QED) is 0.570. The van der Waals surface area contributed by atoms with E-state index in [0.717, 1.165) is 10.9 Å². The van der Waals surface area contributed by atoms with Gasteiger partial charge in [-0.05, 0) is 18.2 Å². The van der Waals surface area contributed by atoms with Crippen LogP contribution in [0, 0.1) is 0 Å². The lowest BCUT2D eigenvalue weighted by atomic mass is 10.0. The van der Waals surface area contributed by atoms with Gasteiger partial charge in [0, 0.05) is 67.5 Å². The van der Waals surface area contributed by atoms with Crippen molar-refractivity contribution < 1.29 is 19.4 Å². The lowest BCUT2D eigenvalue weighted by Crippen LogP contribution is -2.51. The van der Waals surface area contributed by atoms with E-state index in [-0.39, 0.29) is 5.91 Å². The standard InChI is InChI=1S/C19H25ClN4O4/c1-28-9-4-21-17(25)12-23-5-7-24(8-6-23)18(19(26)27)15-11-22-16-3-2-13(20)10-14(15)16/h2-3,10-11,18,22H,4-9,12H2,1H3,(H,21,25)(H,26,27)/t18-/m1/s1. The molecule has 0 aliphatic carbocycles. The van der Waals surface area contributed by atoms with Gasteiger partial charge in [0.05, 0.1) is 13.2 Å². The van der Waals surface area contributed by atoms with Crippen LogP contribution in [0.5, 0.6) is 0 Å². The van der Waals surface area contributed by atoms with Gasteiger partial charge in [0.25, 0.3) is 0 Å². The predicted molar refractivity (Wildman–Crippen MR) is 107 cm³/mol. The Hall–Kier alpha value is -2.13. The molecular weight excluding hydrogens is 384 g/mol. The molecule has 1 saturated heterocycles. The first-order chi connectivity index (χ1) is 13.5. The lowest BCUT2D eigenvalue weighted by molar-refractivity contribution is -0.144. The highest BCUT2D eigenvalue weighted by atomic mass is 35.5. The van der Waals surface area contributed by atoms with Crippen LogP contribution in [-0.2, 0) is 14.3 Å². The van der Waals surface area contributed by atoms with Gasteiger partial charge in [-0.15, -0.1) is 0 Å². The maximum Gasteiger partial charge on any atom is 0.325 e. The number of carbonyl (C=O) groups excluding carboxylic acids is 1. The second-order valence-electron chi connectivity index (χ2n) is 6.83. The number of aromatic amines is 1. The molecule has 28 heavy (non-hydrogen) atoms. The van der Waals surface area contributed by atoms with Gasteiger partial charge in [0.2, 0.25) is 5.91 Å². The molecule has 0 spiro atoms. The second kappa shape index (κ2) is 9.38. The number of carboxylic acids is 1. The zero-order chi connectivity index (χ0) is 20.1. The number of nitrogens with one attached hydrogen (secondary N) is 2. The Morgan fingerprint density at radius 3 is 2.75 bits per heavy atom. The average Bonchev–Trinajstić information content (AvgIpc) is 3.06. The highest BCUT2D eigenvalue weighted by molar-refractivity contribution is 6.31. The molecule has 0 bridgehead atoms. The summed E-state index contributed by atoms with van der Waals surface area (Å²) in [7, 11) is 1.59. The Balaban J connectivity index is 1.64. The Kier molecular flexibility index (Phi) is 6.90. The third kappa shape index (κ3) is 4.82. The number of carboxylic acid groups (broad SMARTS) is 1. The molecular formula is C19H25ClN4O4. The van der Waals surface area contributed by atoms with Crippen LogP contribution in [0.2, 0.25) is 5.02 Å². The minimum absolute atomic E-state index is 0.0495. The normalized spacial score (nSPS) is 16.9. The van der Waals surface area contributed by atoms with E-state index in [4.69, 9.17) is 16.3 Å². The van der Waals surface area contributed by atoms with Crippen LogP contribution in [0.25, 0.3) is 10.9 Å².